The number of benzene rings is 1. The van der Waals surface area contributed by atoms with Crippen LogP contribution >= 0.6 is 0 Å². The van der Waals surface area contributed by atoms with Gasteiger partial charge in [-0.2, -0.15) is 0 Å². The van der Waals surface area contributed by atoms with E-state index in [0.717, 1.165) is 5.57 Å². The van der Waals surface area contributed by atoms with Crippen LogP contribution in [0.25, 0.3) is 0 Å². The molecule has 0 unspecified atom stereocenters. The molecule has 1 aliphatic carbocycles. The summed E-state index contributed by atoms with van der Waals surface area (Å²) in [6.07, 6.45) is 0.875. The highest BCUT2D eigenvalue weighted by Crippen LogP contribution is 2.50. The fourth-order valence-corrected chi connectivity index (χ4v) is 5.18. The number of hydrogen-bond donors (Lipinski definition) is 2. The van der Waals surface area contributed by atoms with E-state index >= 15 is 0 Å². The highest BCUT2D eigenvalue weighted by atomic mass is 32.2. The van der Waals surface area contributed by atoms with Crippen LogP contribution < -0.4 is 0 Å². The van der Waals surface area contributed by atoms with E-state index < -0.39 is 9.84 Å². The van der Waals surface area contributed by atoms with E-state index in [0.29, 0.717) is 28.9 Å². The fraction of sp³-hybridized carbons (Fsp3) is 0.385. The van der Waals surface area contributed by atoms with Gasteiger partial charge in [0.1, 0.15) is 11.5 Å². The Morgan fingerprint density at radius 2 is 1.89 bits per heavy atom. The third kappa shape index (κ3) is 1.40. The van der Waals surface area contributed by atoms with Gasteiger partial charge in [0, 0.05) is 17.0 Å². The molecule has 3 rings (SSSR count). The Hall–Kier alpha value is -1.49. The Balaban J connectivity index is 2.30. The Morgan fingerprint density at radius 1 is 1.22 bits per heavy atom. The quantitative estimate of drug-likeness (QED) is 0.702. The molecule has 0 radical (unpaired) electrons. The number of aromatic hydroxyl groups is 2. The topological polar surface area (TPSA) is 74.6 Å². The lowest BCUT2D eigenvalue weighted by Crippen LogP contribution is -2.13. The van der Waals surface area contributed by atoms with E-state index in [1.165, 1.54) is 12.1 Å². The first-order valence-corrected chi connectivity index (χ1v) is 7.53. The largest absolute Gasteiger partial charge is 0.508 e. The molecule has 2 aliphatic rings. The highest BCUT2D eigenvalue weighted by Gasteiger charge is 2.42. The lowest BCUT2D eigenvalue weighted by Gasteiger charge is -2.25. The molecule has 0 amide bonds. The molecule has 1 heterocycles. The van der Waals surface area contributed by atoms with Crippen LogP contribution in [-0.4, -0.2) is 24.4 Å². The second kappa shape index (κ2) is 3.51. The van der Waals surface area contributed by atoms with Crippen molar-refractivity contribution in [1.29, 1.82) is 0 Å². The number of rotatable bonds is 0. The molecule has 1 aliphatic heterocycles. The van der Waals surface area contributed by atoms with Crippen molar-refractivity contribution in [1.82, 2.24) is 0 Å². The molecule has 18 heavy (non-hydrogen) atoms. The zero-order chi connectivity index (χ0) is 13.1. The summed E-state index contributed by atoms with van der Waals surface area (Å²) in [6.45, 7) is 1.79. The fourth-order valence-electron chi connectivity index (χ4n) is 3.14. The summed E-state index contributed by atoms with van der Waals surface area (Å²) >= 11 is 0. The first-order valence-electron chi connectivity index (χ1n) is 5.88. The van der Waals surface area contributed by atoms with Gasteiger partial charge >= 0.3 is 0 Å². The average Bonchev–Trinajstić information content (AvgIpc) is 2.61. The molecule has 1 saturated heterocycles. The standard InChI is InChI=1S/C13H14O4S/c1-7-6-9-10(14)2-3-11(15)12(9)8-4-5-18(16,17)13(7)8/h2-3,8,14-15H,4-6H2,1H3/t8-/m1/s1. The van der Waals surface area contributed by atoms with Crippen molar-refractivity contribution in [3.8, 4) is 11.5 Å². The number of allylic oxidation sites excluding steroid dienone is 2. The summed E-state index contributed by atoms with van der Waals surface area (Å²) < 4.78 is 24.0. The first-order chi connectivity index (χ1) is 8.42. The number of hydrogen-bond acceptors (Lipinski definition) is 4. The molecule has 0 aromatic heterocycles. The maximum absolute atomic E-state index is 12.0. The van der Waals surface area contributed by atoms with Crippen LogP contribution in [0.3, 0.4) is 0 Å². The summed E-state index contributed by atoms with van der Waals surface area (Å²) in [7, 11) is -3.18. The van der Waals surface area contributed by atoms with Crippen LogP contribution in [0.15, 0.2) is 22.6 Å². The number of phenols is 2. The summed E-state index contributed by atoms with van der Waals surface area (Å²) in [5, 5.41) is 19.8. The van der Waals surface area contributed by atoms with Crippen LogP contribution in [0.5, 0.6) is 11.5 Å². The number of sulfone groups is 1. The normalized spacial score (nSPS) is 24.8. The second-order valence-corrected chi connectivity index (χ2v) is 7.06. The van der Waals surface area contributed by atoms with E-state index in [1.807, 2.05) is 0 Å². The van der Waals surface area contributed by atoms with Gasteiger partial charge < -0.3 is 10.2 Å². The lowest BCUT2D eigenvalue weighted by molar-refractivity contribution is 0.444. The van der Waals surface area contributed by atoms with E-state index in [2.05, 4.69) is 0 Å². The van der Waals surface area contributed by atoms with Gasteiger partial charge in [-0.1, -0.05) is 5.57 Å². The molecule has 2 N–H and O–H groups in total. The van der Waals surface area contributed by atoms with Gasteiger partial charge in [0.2, 0.25) is 0 Å². The van der Waals surface area contributed by atoms with Crippen molar-refractivity contribution in [2.75, 3.05) is 5.75 Å². The van der Waals surface area contributed by atoms with Gasteiger partial charge in [0.05, 0.1) is 10.7 Å². The first kappa shape index (κ1) is 11.6. The maximum atomic E-state index is 12.0. The molecular weight excluding hydrogens is 252 g/mol. The molecule has 96 valence electrons. The van der Waals surface area contributed by atoms with Crippen LogP contribution in [-0.2, 0) is 16.3 Å². The van der Waals surface area contributed by atoms with Gasteiger partial charge in [0.25, 0.3) is 0 Å². The Kier molecular flexibility index (Phi) is 2.26. The Bertz CT molecular complexity index is 670. The van der Waals surface area contributed by atoms with E-state index in [9.17, 15) is 18.6 Å². The van der Waals surface area contributed by atoms with Crippen molar-refractivity contribution < 1.29 is 18.6 Å². The van der Waals surface area contributed by atoms with Crippen LogP contribution in [0.4, 0.5) is 0 Å². The van der Waals surface area contributed by atoms with Gasteiger partial charge in [-0.15, -0.1) is 0 Å². The molecule has 4 nitrogen and oxygen atoms in total. The van der Waals surface area contributed by atoms with Gasteiger partial charge in [-0.25, -0.2) is 8.42 Å². The van der Waals surface area contributed by atoms with Crippen LogP contribution in [0, 0.1) is 0 Å². The molecule has 0 saturated carbocycles. The van der Waals surface area contributed by atoms with Crippen molar-refractivity contribution >= 4 is 9.84 Å². The SMILES string of the molecule is CC1=C2[C@H](CCS2(=O)=O)c2c(O)ccc(O)c2C1. The zero-order valence-electron chi connectivity index (χ0n) is 9.97. The highest BCUT2D eigenvalue weighted by molar-refractivity contribution is 7.95. The minimum atomic E-state index is -3.18. The summed E-state index contributed by atoms with van der Waals surface area (Å²) in [4.78, 5) is 0.455. The minimum Gasteiger partial charge on any atom is -0.508 e. The van der Waals surface area contributed by atoms with E-state index in [1.54, 1.807) is 6.92 Å². The smallest absolute Gasteiger partial charge is 0.175 e. The molecule has 5 heteroatoms. The van der Waals surface area contributed by atoms with Crippen molar-refractivity contribution in [3.05, 3.63) is 33.7 Å². The Labute approximate surface area is 105 Å². The summed E-state index contributed by atoms with van der Waals surface area (Å²) in [6, 6.07) is 2.88. The molecule has 1 atom stereocenters. The molecule has 0 bridgehead atoms. The van der Waals surface area contributed by atoms with Crippen LogP contribution in [0.2, 0.25) is 0 Å². The minimum absolute atomic E-state index is 0.0786. The third-order valence-corrected chi connectivity index (χ3v) is 5.92. The predicted octanol–water partition coefficient (Wildman–Crippen LogP) is 1.83. The lowest BCUT2D eigenvalue weighted by atomic mass is 9.82. The summed E-state index contributed by atoms with van der Waals surface area (Å²) in [5.41, 5.74) is 2.04. The molecule has 1 aromatic carbocycles. The van der Waals surface area contributed by atoms with Crippen molar-refractivity contribution in [3.63, 3.8) is 0 Å². The second-order valence-electron chi connectivity index (χ2n) is 4.98. The maximum Gasteiger partial charge on any atom is 0.175 e. The van der Waals surface area contributed by atoms with E-state index in [-0.39, 0.29) is 23.2 Å². The Morgan fingerprint density at radius 3 is 2.61 bits per heavy atom. The average molecular weight is 266 g/mol. The van der Waals surface area contributed by atoms with Gasteiger partial charge in [-0.3, -0.25) is 0 Å². The molecule has 0 spiro atoms. The van der Waals surface area contributed by atoms with Crippen molar-refractivity contribution in [2.24, 2.45) is 0 Å². The van der Waals surface area contributed by atoms with Gasteiger partial charge in [-0.05, 0) is 31.9 Å². The van der Waals surface area contributed by atoms with Gasteiger partial charge in [0.15, 0.2) is 9.84 Å². The monoisotopic (exact) mass is 266 g/mol. The third-order valence-electron chi connectivity index (χ3n) is 3.85. The number of phenolic OH excluding ortho intramolecular Hbond substituents is 2. The zero-order valence-corrected chi connectivity index (χ0v) is 10.8. The number of fused-ring (bicyclic) bond motifs is 3. The summed E-state index contributed by atoms with van der Waals surface area (Å²) in [5.74, 6) is 0.0463. The van der Waals surface area contributed by atoms with E-state index in [4.69, 9.17) is 0 Å². The predicted molar refractivity (Wildman–Crippen MR) is 67.3 cm³/mol. The molecular formula is C13H14O4S. The van der Waals surface area contributed by atoms with Crippen LogP contribution in [0.1, 0.15) is 30.4 Å². The van der Waals surface area contributed by atoms with Crippen molar-refractivity contribution in [2.45, 2.75) is 25.7 Å². The molecule has 1 fully saturated rings. The molecule has 1 aromatic rings.